The van der Waals surface area contributed by atoms with Crippen molar-refractivity contribution in [2.75, 3.05) is 0 Å². The monoisotopic (exact) mass is 149 g/mol. The van der Waals surface area contributed by atoms with Gasteiger partial charge < -0.3 is 5.73 Å². The average molecular weight is 149 g/mol. The van der Waals surface area contributed by atoms with Crippen molar-refractivity contribution in [1.29, 1.82) is 0 Å². The second-order valence-corrected chi connectivity index (χ2v) is 3.62. The van der Waals surface area contributed by atoms with Crippen molar-refractivity contribution in [3.8, 4) is 0 Å². The topological polar surface area (TPSA) is 26.0 Å². The fourth-order valence-corrected chi connectivity index (χ4v) is 2.00. The Balaban J connectivity index is 1.95. The third kappa shape index (κ3) is 1.25. The highest BCUT2D eigenvalue weighted by atomic mass is 14.7. The van der Waals surface area contributed by atoms with Gasteiger partial charge in [-0.25, -0.2) is 0 Å². The van der Waals surface area contributed by atoms with Crippen LogP contribution in [0.5, 0.6) is 0 Å². The van der Waals surface area contributed by atoms with Crippen LogP contribution in [0, 0.1) is 11.8 Å². The molecule has 0 aromatic heterocycles. The van der Waals surface area contributed by atoms with E-state index in [2.05, 4.69) is 24.3 Å². The van der Waals surface area contributed by atoms with Gasteiger partial charge in [0.2, 0.25) is 0 Å². The molecule has 11 heavy (non-hydrogen) atoms. The summed E-state index contributed by atoms with van der Waals surface area (Å²) in [5.41, 5.74) is 5.90. The summed E-state index contributed by atoms with van der Waals surface area (Å²) in [4.78, 5) is 0. The van der Waals surface area contributed by atoms with Gasteiger partial charge >= 0.3 is 0 Å². The van der Waals surface area contributed by atoms with Crippen LogP contribution in [0.25, 0.3) is 0 Å². The zero-order valence-electron chi connectivity index (χ0n) is 6.74. The molecule has 0 aromatic rings. The van der Waals surface area contributed by atoms with Crippen LogP contribution in [0.2, 0.25) is 0 Å². The first-order valence-electron chi connectivity index (χ1n) is 4.47. The predicted octanol–water partition coefficient (Wildman–Crippen LogP) is 1.86. The van der Waals surface area contributed by atoms with Crippen molar-refractivity contribution in [1.82, 2.24) is 0 Å². The molecular formula is C10H15N. The Bertz CT molecular complexity index is 193. The summed E-state index contributed by atoms with van der Waals surface area (Å²) in [5.74, 6) is 1.51. The van der Waals surface area contributed by atoms with Gasteiger partial charge in [0, 0.05) is 6.04 Å². The zero-order valence-corrected chi connectivity index (χ0v) is 6.74. The van der Waals surface area contributed by atoms with E-state index in [-0.39, 0.29) is 0 Å². The van der Waals surface area contributed by atoms with Crippen molar-refractivity contribution in [2.24, 2.45) is 17.6 Å². The molecule has 0 aliphatic heterocycles. The first kappa shape index (κ1) is 7.11. The van der Waals surface area contributed by atoms with Crippen LogP contribution < -0.4 is 5.73 Å². The zero-order chi connectivity index (χ0) is 7.68. The molecule has 0 amide bonds. The van der Waals surface area contributed by atoms with E-state index >= 15 is 0 Å². The largest absolute Gasteiger partial charge is 0.327 e. The van der Waals surface area contributed by atoms with Gasteiger partial charge in [0.1, 0.15) is 0 Å². The second-order valence-electron chi connectivity index (χ2n) is 3.62. The van der Waals surface area contributed by atoms with Crippen molar-refractivity contribution >= 4 is 0 Å². The van der Waals surface area contributed by atoms with Crippen LogP contribution in [0.15, 0.2) is 24.3 Å². The van der Waals surface area contributed by atoms with Crippen molar-refractivity contribution in [3.05, 3.63) is 24.3 Å². The number of allylic oxidation sites excluding steroid dienone is 4. The van der Waals surface area contributed by atoms with E-state index < -0.39 is 0 Å². The second kappa shape index (κ2) is 2.82. The molecule has 0 radical (unpaired) electrons. The summed E-state index contributed by atoms with van der Waals surface area (Å²) in [6.45, 7) is 0. The Morgan fingerprint density at radius 3 is 2.55 bits per heavy atom. The van der Waals surface area contributed by atoms with Crippen molar-refractivity contribution < 1.29 is 0 Å². The quantitative estimate of drug-likeness (QED) is 0.605. The minimum absolute atomic E-state index is 0.483. The third-order valence-electron chi connectivity index (χ3n) is 2.95. The Hall–Kier alpha value is -0.560. The number of nitrogens with two attached hydrogens (primary N) is 1. The molecular weight excluding hydrogens is 134 g/mol. The minimum Gasteiger partial charge on any atom is -0.327 e. The molecule has 0 heterocycles. The normalized spacial score (nSPS) is 42.1. The number of rotatable bonds is 1. The fraction of sp³-hybridized carbons (Fsp3) is 0.600. The molecule has 1 nitrogen and oxygen atoms in total. The molecule has 3 unspecified atom stereocenters. The molecule has 0 saturated heterocycles. The highest BCUT2D eigenvalue weighted by Crippen LogP contribution is 2.36. The van der Waals surface area contributed by atoms with E-state index in [4.69, 9.17) is 5.73 Å². The van der Waals surface area contributed by atoms with Gasteiger partial charge in [-0.1, -0.05) is 24.3 Å². The van der Waals surface area contributed by atoms with E-state index in [1.165, 1.54) is 19.3 Å². The summed E-state index contributed by atoms with van der Waals surface area (Å²) in [7, 11) is 0. The van der Waals surface area contributed by atoms with Crippen LogP contribution in [0.1, 0.15) is 19.3 Å². The summed E-state index contributed by atoms with van der Waals surface area (Å²) in [5, 5.41) is 0. The molecule has 2 N–H and O–H groups in total. The van der Waals surface area contributed by atoms with Crippen molar-refractivity contribution in [2.45, 2.75) is 25.3 Å². The first-order valence-corrected chi connectivity index (χ1v) is 4.47. The third-order valence-corrected chi connectivity index (χ3v) is 2.95. The van der Waals surface area contributed by atoms with E-state index in [1.807, 2.05) is 0 Å². The molecule has 2 aliphatic carbocycles. The summed E-state index contributed by atoms with van der Waals surface area (Å²) >= 11 is 0. The number of hydrogen-bond donors (Lipinski definition) is 1. The summed E-state index contributed by atoms with van der Waals surface area (Å²) in [6, 6.07) is 0.483. The Morgan fingerprint density at radius 2 is 2.09 bits per heavy atom. The van der Waals surface area contributed by atoms with Crippen LogP contribution in [0.4, 0.5) is 0 Å². The SMILES string of the molecule is NC1CCC1C1C=CC=CC1. The van der Waals surface area contributed by atoms with E-state index in [0.29, 0.717) is 6.04 Å². The molecule has 0 bridgehead atoms. The molecule has 60 valence electrons. The van der Waals surface area contributed by atoms with E-state index in [1.54, 1.807) is 0 Å². The average Bonchev–Trinajstić information content (AvgIpc) is 2.04. The van der Waals surface area contributed by atoms with Gasteiger partial charge in [-0.2, -0.15) is 0 Å². The lowest BCUT2D eigenvalue weighted by molar-refractivity contribution is 0.196. The maximum absolute atomic E-state index is 5.90. The lowest BCUT2D eigenvalue weighted by Gasteiger charge is -2.38. The fourth-order valence-electron chi connectivity index (χ4n) is 2.00. The van der Waals surface area contributed by atoms with Gasteiger partial charge in [-0.15, -0.1) is 0 Å². The van der Waals surface area contributed by atoms with Crippen molar-refractivity contribution in [3.63, 3.8) is 0 Å². The smallest absolute Gasteiger partial charge is 0.00730 e. The molecule has 1 fully saturated rings. The van der Waals surface area contributed by atoms with Crippen LogP contribution in [0.3, 0.4) is 0 Å². The van der Waals surface area contributed by atoms with Gasteiger partial charge in [-0.3, -0.25) is 0 Å². The first-order chi connectivity index (χ1) is 5.38. The Kier molecular flexibility index (Phi) is 1.82. The highest BCUT2D eigenvalue weighted by molar-refractivity contribution is 5.13. The van der Waals surface area contributed by atoms with E-state index in [9.17, 15) is 0 Å². The molecule has 0 spiro atoms. The maximum Gasteiger partial charge on any atom is 0.00730 e. The van der Waals surface area contributed by atoms with Gasteiger partial charge in [-0.05, 0) is 31.1 Å². The lowest BCUT2D eigenvalue weighted by Crippen LogP contribution is -2.43. The lowest BCUT2D eigenvalue weighted by atomic mass is 9.70. The Labute approximate surface area is 68.0 Å². The molecule has 1 saturated carbocycles. The highest BCUT2D eigenvalue weighted by Gasteiger charge is 2.32. The molecule has 2 aliphatic rings. The standard InChI is InChI=1S/C10H15N/c11-10-7-6-9(10)8-4-2-1-3-5-8/h1-4,8-10H,5-7,11H2. The molecule has 2 rings (SSSR count). The van der Waals surface area contributed by atoms with E-state index in [0.717, 1.165) is 11.8 Å². The van der Waals surface area contributed by atoms with Gasteiger partial charge in [0.25, 0.3) is 0 Å². The van der Waals surface area contributed by atoms with Crippen LogP contribution in [-0.4, -0.2) is 6.04 Å². The maximum atomic E-state index is 5.90. The summed E-state index contributed by atoms with van der Waals surface area (Å²) in [6.07, 6.45) is 12.6. The molecule has 1 heteroatoms. The predicted molar refractivity (Wildman–Crippen MR) is 47.1 cm³/mol. The number of hydrogen-bond acceptors (Lipinski definition) is 1. The Morgan fingerprint density at radius 1 is 1.18 bits per heavy atom. The minimum atomic E-state index is 0.483. The molecule has 0 aromatic carbocycles. The summed E-state index contributed by atoms with van der Waals surface area (Å²) < 4.78 is 0. The van der Waals surface area contributed by atoms with Gasteiger partial charge in [0.05, 0.1) is 0 Å². The van der Waals surface area contributed by atoms with Gasteiger partial charge in [0.15, 0.2) is 0 Å². The van der Waals surface area contributed by atoms with Crippen LogP contribution in [-0.2, 0) is 0 Å². The molecule has 3 atom stereocenters. The van der Waals surface area contributed by atoms with Crippen LogP contribution >= 0.6 is 0 Å².